The Morgan fingerprint density at radius 2 is 1.74 bits per heavy atom. The number of hydrogen-bond acceptors (Lipinski definition) is 3. The van der Waals surface area contributed by atoms with Crippen LogP contribution in [-0.4, -0.2) is 26.1 Å². The molecule has 3 nitrogen and oxygen atoms in total. The number of allylic oxidation sites excluding steroid dienone is 3. The number of hydrogen-bond donors (Lipinski definition) is 1. The van der Waals surface area contributed by atoms with Gasteiger partial charge in [0.25, 0.3) is 0 Å². The van der Waals surface area contributed by atoms with Gasteiger partial charge in [-0.2, -0.15) is 5.26 Å². The summed E-state index contributed by atoms with van der Waals surface area (Å²) >= 11 is 0. The first-order chi connectivity index (χ1) is 10.5. The van der Waals surface area contributed by atoms with Crippen molar-refractivity contribution in [2.45, 2.75) is 84.5 Å². The van der Waals surface area contributed by atoms with Crippen LogP contribution in [0.1, 0.15) is 60.3 Å². The molecule has 0 aromatic carbocycles. The number of nitriles is 1. The van der Waals surface area contributed by atoms with Gasteiger partial charge in [0.1, 0.15) is 6.10 Å². The predicted molar refractivity (Wildman–Crippen MR) is 101 cm³/mol. The van der Waals surface area contributed by atoms with Gasteiger partial charge in [0.05, 0.1) is 12.7 Å². The summed E-state index contributed by atoms with van der Waals surface area (Å²) in [6.07, 6.45) is 7.38. The topological polar surface area (TPSA) is 53.2 Å². The summed E-state index contributed by atoms with van der Waals surface area (Å²) in [5, 5.41) is 18.3. The van der Waals surface area contributed by atoms with Crippen molar-refractivity contribution in [2.24, 2.45) is 0 Å². The Balaban J connectivity index is 4.41. The van der Waals surface area contributed by atoms with Gasteiger partial charge in [0.2, 0.25) is 0 Å². The molecule has 0 saturated heterocycles. The van der Waals surface area contributed by atoms with Crippen LogP contribution in [0.3, 0.4) is 0 Å². The molecule has 4 heteroatoms. The molecule has 0 amide bonds. The lowest BCUT2D eigenvalue weighted by atomic mass is 10.1. The van der Waals surface area contributed by atoms with E-state index in [4.69, 9.17) is 9.53 Å². The van der Waals surface area contributed by atoms with Crippen LogP contribution in [0, 0.1) is 11.3 Å². The SMILES string of the molecule is C/C(=C\CO)CC/C=C(\C)CCC(C#N)O[Si](C)(C)C(C)(C)C. The van der Waals surface area contributed by atoms with E-state index >= 15 is 0 Å². The fraction of sp³-hybridized carbons (Fsp3) is 0.737. The zero-order valence-corrected chi connectivity index (χ0v) is 17.1. The maximum Gasteiger partial charge on any atom is 0.193 e. The van der Waals surface area contributed by atoms with Gasteiger partial charge in [0.15, 0.2) is 8.32 Å². The van der Waals surface area contributed by atoms with Gasteiger partial charge < -0.3 is 9.53 Å². The predicted octanol–water partition coefficient (Wildman–Crippen LogP) is 5.35. The summed E-state index contributed by atoms with van der Waals surface area (Å²) in [5.41, 5.74) is 2.52. The van der Waals surface area contributed by atoms with Gasteiger partial charge in [-0.1, -0.05) is 44.1 Å². The van der Waals surface area contributed by atoms with Crippen molar-refractivity contribution in [3.05, 3.63) is 23.3 Å². The number of rotatable bonds is 9. The van der Waals surface area contributed by atoms with Gasteiger partial charge in [-0.15, -0.1) is 0 Å². The average molecular weight is 338 g/mol. The summed E-state index contributed by atoms with van der Waals surface area (Å²) < 4.78 is 6.19. The molecule has 0 fully saturated rings. The molecule has 1 unspecified atom stereocenters. The monoisotopic (exact) mass is 337 g/mol. The van der Waals surface area contributed by atoms with Gasteiger partial charge in [-0.3, -0.25) is 0 Å². The van der Waals surface area contributed by atoms with Crippen LogP contribution in [0.5, 0.6) is 0 Å². The van der Waals surface area contributed by atoms with Crippen molar-refractivity contribution in [1.29, 1.82) is 5.26 Å². The highest BCUT2D eigenvalue weighted by molar-refractivity contribution is 6.74. The molecule has 0 aromatic heterocycles. The average Bonchev–Trinajstić information content (AvgIpc) is 2.42. The summed E-state index contributed by atoms with van der Waals surface area (Å²) in [7, 11) is -1.88. The number of aliphatic hydroxyl groups is 1. The van der Waals surface area contributed by atoms with E-state index in [0.29, 0.717) is 0 Å². The zero-order valence-electron chi connectivity index (χ0n) is 16.1. The Morgan fingerprint density at radius 3 is 2.22 bits per heavy atom. The second kappa shape index (κ2) is 10.1. The minimum Gasteiger partial charge on any atom is -0.401 e. The van der Waals surface area contributed by atoms with Crippen LogP contribution in [0.25, 0.3) is 0 Å². The maximum absolute atomic E-state index is 9.37. The van der Waals surface area contributed by atoms with E-state index in [1.54, 1.807) is 0 Å². The lowest BCUT2D eigenvalue weighted by molar-refractivity contribution is 0.221. The third kappa shape index (κ3) is 9.10. The second-order valence-corrected chi connectivity index (χ2v) is 12.6. The van der Waals surface area contributed by atoms with E-state index in [0.717, 1.165) is 25.7 Å². The van der Waals surface area contributed by atoms with E-state index in [1.807, 2.05) is 13.0 Å². The lowest BCUT2D eigenvalue weighted by Gasteiger charge is -2.37. The fourth-order valence-corrected chi connectivity index (χ4v) is 3.18. The molecule has 0 saturated carbocycles. The summed E-state index contributed by atoms with van der Waals surface area (Å²) in [6.45, 7) is 15.2. The van der Waals surface area contributed by atoms with E-state index in [9.17, 15) is 5.26 Å². The van der Waals surface area contributed by atoms with Crippen molar-refractivity contribution in [3.63, 3.8) is 0 Å². The molecule has 1 N–H and O–H groups in total. The minimum atomic E-state index is -1.88. The van der Waals surface area contributed by atoms with Gasteiger partial charge in [0, 0.05) is 0 Å². The van der Waals surface area contributed by atoms with Crippen molar-refractivity contribution in [1.82, 2.24) is 0 Å². The van der Waals surface area contributed by atoms with Crippen LogP contribution < -0.4 is 0 Å². The largest absolute Gasteiger partial charge is 0.401 e. The quantitative estimate of drug-likeness (QED) is 0.456. The number of aliphatic hydroxyl groups excluding tert-OH is 1. The van der Waals surface area contributed by atoms with Crippen LogP contribution in [0.4, 0.5) is 0 Å². The standard InChI is InChI=1S/C19H35NO2Si/c1-16(9-8-10-17(2)13-14-21)11-12-18(15-20)22-23(6,7)19(3,4)5/h9,13,18,21H,8,10-12,14H2,1-7H3/b16-9+,17-13+. The molecule has 0 heterocycles. The number of nitrogens with zero attached hydrogens (tertiary/aromatic N) is 1. The molecule has 23 heavy (non-hydrogen) atoms. The summed E-state index contributed by atoms with van der Waals surface area (Å²) in [6, 6.07) is 2.33. The van der Waals surface area contributed by atoms with E-state index in [-0.39, 0.29) is 17.7 Å². The molecular weight excluding hydrogens is 302 g/mol. The molecule has 0 rings (SSSR count). The molecule has 0 bridgehead atoms. The van der Waals surface area contributed by atoms with E-state index in [1.165, 1.54) is 11.1 Å². The zero-order chi connectivity index (χ0) is 18.1. The molecule has 0 aliphatic heterocycles. The fourth-order valence-electron chi connectivity index (χ4n) is 1.95. The first-order valence-electron chi connectivity index (χ1n) is 8.53. The van der Waals surface area contributed by atoms with Gasteiger partial charge >= 0.3 is 0 Å². The Kier molecular flexibility index (Phi) is 9.68. The van der Waals surface area contributed by atoms with Crippen LogP contribution in [0.15, 0.2) is 23.3 Å². The first kappa shape index (κ1) is 22.1. The van der Waals surface area contributed by atoms with Crippen LogP contribution in [-0.2, 0) is 4.43 Å². The third-order valence-corrected chi connectivity index (χ3v) is 9.15. The molecule has 0 aliphatic rings. The highest BCUT2D eigenvalue weighted by Crippen LogP contribution is 2.37. The Labute approximate surface area is 144 Å². The lowest BCUT2D eigenvalue weighted by Crippen LogP contribution is -2.43. The van der Waals surface area contributed by atoms with E-state index < -0.39 is 8.32 Å². The Hall–Kier alpha value is -0.893. The van der Waals surface area contributed by atoms with Gasteiger partial charge in [-0.05, 0) is 57.7 Å². The highest BCUT2D eigenvalue weighted by atomic mass is 28.4. The second-order valence-electron chi connectivity index (χ2n) is 7.86. The van der Waals surface area contributed by atoms with Crippen molar-refractivity contribution >= 4 is 8.32 Å². The molecular formula is C19H35NO2Si. The molecule has 0 aromatic rings. The maximum atomic E-state index is 9.37. The third-order valence-electron chi connectivity index (χ3n) is 4.66. The highest BCUT2D eigenvalue weighted by Gasteiger charge is 2.39. The van der Waals surface area contributed by atoms with Crippen LogP contribution >= 0.6 is 0 Å². The smallest absolute Gasteiger partial charge is 0.193 e. The minimum absolute atomic E-state index is 0.114. The van der Waals surface area contributed by atoms with Crippen molar-refractivity contribution in [3.8, 4) is 6.07 Å². The molecule has 0 spiro atoms. The first-order valence-corrected chi connectivity index (χ1v) is 11.4. The molecule has 0 radical (unpaired) electrons. The Bertz CT molecular complexity index is 453. The normalized spacial score (nSPS) is 15.4. The Morgan fingerprint density at radius 1 is 1.17 bits per heavy atom. The van der Waals surface area contributed by atoms with Crippen LogP contribution in [0.2, 0.25) is 18.1 Å². The summed E-state index contributed by atoms with van der Waals surface area (Å²) in [4.78, 5) is 0. The molecule has 132 valence electrons. The van der Waals surface area contributed by atoms with E-state index in [2.05, 4.69) is 52.9 Å². The van der Waals surface area contributed by atoms with Gasteiger partial charge in [-0.25, -0.2) is 0 Å². The summed E-state index contributed by atoms with van der Waals surface area (Å²) in [5.74, 6) is 0. The molecule has 1 atom stereocenters. The van der Waals surface area contributed by atoms with Crippen molar-refractivity contribution < 1.29 is 9.53 Å². The van der Waals surface area contributed by atoms with Crippen molar-refractivity contribution in [2.75, 3.05) is 6.61 Å². The molecule has 0 aliphatic carbocycles.